The lowest BCUT2D eigenvalue weighted by molar-refractivity contribution is 0.794. The average molecular weight is 1030 g/mol. The maximum atomic E-state index is 2.61. The molecule has 4 heteroatoms. The van der Waals surface area contributed by atoms with Gasteiger partial charge in [-0.05, 0) is 141 Å². The Kier molecular flexibility index (Phi) is 9.12. The minimum atomic E-state index is -0.556. The molecule has 0 fully saturated rings. The highest BCUT2D eigenvalue weighted by molar-refractivity contribution is 6.20. The van der Waals surface area contributed by atoms with Crippen molar-refractivity contribution in [1.82, 2.24) is 13.7 Å². The van der Waals surface area contributed by atoms with Gasteiger partial charge in [-0.15, -0.1) is 0 Å². The first-order valence-electron chi connectivity index (χ1n) is 28.1. The molecule has 16 aromatic rings. The summed E-state index contributed by atoms with van der Waals surface area (Å²) in [4.78, 5) is 2.61. The van der Waals surface area contributed by atoms with E-state index >= 15 is 0 Å². The van der Waals surface area contributed by atoms with E-state index in [1.54, 1.807) is 0 Å². The van der Waals surface area contributed by atoms with E-state index in [1.807, 2.05) is 0 Å². The first-order valence-corrected chi connectivity index (χ1v) is 28.1. The third-order valence-corrected chi connectivity index (χ3v) is 18.0. The van der Waals surface area contributed by atoms with Crippen LogP contribution in [0, 0.1) is 0 Å². The van der Waals surface area contributed by atoms with Crippen molar-refractivity contribution >= 4 is 93.3 Å². The summed E-state index contributed by atoms with van der Waals surface area (Å²) in [6.45, 7) is 0. The Labute approximate surface area is 467 Å². The van der Waals surface area contributed by atoms with Crippen molar-refractivity contribution in [2.24, 2.45) is 0 Å². The summed E-state index contributed by atoms with van der Waals surface area (Å²) < 4.78 is 7.34. The summed E-state index contributed by atoms with van der Waals surface area (Å²) in [5.74, 6) is 0. The maximum absolute atomic E-state index is 2.61. The summed E-state index contributed by atoms with van der Waals surface area (Å²) in [6, 6.07) is 109. The van der Waals surface area contributed by atoms with Crippen molar-refractivity contribution in [3.8, 4) is 39.3 Å². The van der Waals surface area contributed by atoms with E-state index in [9.17, 15) is 0 Å². The fraction of sp³-hybridized carbons (Fsp3) is 0.0130. The van der Waals surface area contributed by atoms with Gasteiger partial charge in [0.15, 0.2) is 0 Å². The van der Waals surface area contributed by atoms with Crippen molar-refractivity contribution in [2.75, 3.05) is 4.90 Å². The molecule has 0 amide bonds. The molecule has 13 aromatic carbocycles. The van der Waals surface area contributed by atoms with Gasteiger partial charge >= 0.3 is 0 Å². The van der Waals surface area contributed by atoms with Crippen LogP contribution >= 0.6 is 0 Å². The first kappa shape index (κ1) is 44.3. The predicted octanol–water partition coefficient (Wildman–Crippen LogP) is 19.9. The molecule has 18 rings (SSSR count). The lowest BCUT2D eigenvalue weighted by Gasteiger charge is -2.32. The van der Waals surface area contributed by atoms with Gasteiger partial charge in [0.2, 0.25) is 0 Å². The molecule has 3 aromatic heterocycles. The Bertz CT molecular complexity index is 5260. The molecule has 4 nitrogen and oxygen atoms in total. The Morgan fingerprint density at radius 3 is 1.47 bits per heavy atom. The molecule has 2 aliphatic carbocycles. The van der Waals surface area contributed by atoms with Gasteiger partial charge in [0.25, 0.3) is 0 Å². The number of aromatic nitrogens is 3. The first-order chi connectivity index (χ1) is 40.2. The van der Waals surface area contributed by atoms with Gasteiger partial charge in [-0.2, -0.15) is 0 Å². The molecule has 0 saturated carbocycles. The van der Waals surface area contributed by atoms with Crippen LogP contribution < -0.4 is 4.90 Å². The van der Waals surface area contributed by atoms with E-state index < -0.39 is 5.41 Å². The molecule has 0 unspecified atom stereocenters. The number of para-hydroxylation sites is 5. The summed E-state index contributed by atoms with van der Waals surface area (Å²) in [5, 5.41) is 9.72. The van der Waals surface area contributed by atoms with Crippen molar-refractivity contribution in [1.29, 1.82) is 0 Å². The van der Waals surface area contributed by atoms with Crippen LogP contribution in [0.15, 0.2) is 291 Å². The van der Waals surface area contributed by atoms with E-state index in [2.05, 4.69) is 310 Å². The smallest absolute Gasteiger partial charge is 0.0726 e. The number of hydrogen-bond acceptors (Lipinski definition) is 1. The zero-order valence-corrected chi connectivity index (χ0v) is 44.0. The Hall–Kier alpha value is -10.7. The molecule has 0 radical (unpaired) electrons. The van der Waals surface area contributed by atoms with Crippen molar-refractivity contribution < 1.29 is 0 Å². The Morgan fingerprint density at radius 2 is 0.753 bits per heavy atom. The standard InChI is InChI=1S/C77H48N4/c1-3-22-50(23-4-1)78-67-36-17-12-30-58(67)61-47-52(43-46-69(61)78)81(72-38-19-34-64-76(72)74-54-26-8-7-21-49(54)41-45-65(74)77(64)62-32-14-9-27-55(62)56-28-10-15-33-63(56)77)71-40-20-39-70-75(71)60-31-13-18-37-68(60)80(70)53-42-44-59-57-29-11-16-35-66(57)79(73(59)48-53)51-24-5-2-6-25-51/h1-48H. The highest BCUT2D eigenvalue weighted by Crippen LogP contribution is 2.66. The Morgan fingerprint density at radius 1 is 0.259 bits per heavy atom. The monoisotopic (exact) mass is 1030 g/mol. The van der Waals surface area contributed by atoms with Crippen LogP contribution in [0.2, 0.25) is 0 Å². The number of benzene rings is 13. The van der Waals surface area contributed by atoms with Crippen LogP contribution in [0.25, 0.3) is 116 Å². The van der Waals surface area contributed by atoms with Crippen molar-refractivity contribution in [3.63, 3.8) is 0 Å². The van der Waals surface area contributed by atoms with Crippen LogP contribution in [0.5, 0.6) is 0 Å². The van der Waals surface area contributed by atoms with Gasteiger partial charge in [0.05, 0.1) is 49.9 Å². The number of hydrogen-bond donors (Lipinski definition) is 0. The van der Waals surface area contributed by atoms with E-state index in [1.165, 1.54) is 104 Å². The number of anilines is 3. The largest absolute Gasteiger partial charge is 0.309 e. The zero-order valence-electron chi connectivity index (χ0n) is 44.0. The van der Waals surface area contributed by atoms with Crippen molar-refractivity contribution in [3.05, 3.63) is 313 Å². The van der Waals surface area contributed by atoms with Crippen LogP contribution in [-0.4, -0.2) is 13.7 Å². The van der Waals surface area contributed by atoms with E-state index in [0.717, 1.165) is 50.7 Å². The molecule has 0 N–H and O–H groups in total. The molecule has 0 aliphatic heterocycles. The number of fused-ring (bicyclic) bond motifs is 21. The topological polar surface area (TPSA) is 18.0 Å². The molecular formula is C77H48N4. The van der Waals surface area contributed by atoms with Crippen LogP contribution in [-0.2, 0) is 5.41 Å². The SMILES string of the molecule is c1ccc(-n2c3ccccc3c3cc(N(c4cccc5c4-c4c(ccc6ccccc46)C54c5ccccc5-c5ccccc54)c4cccc5c4c4ccccc4n5-c4ccc5c6ccccc6n(-c6ccccc6)c5c4)ccc32)cc1. The van der Waals surface area contributed by atoms with Gasteiger partial charge in [-0.25, -0.2) is 0 Å². The van der Waals surface area contributed by atoms with Gasteiger partial charge in [0.1, 0.15) is 0 Å². The van der Waals surface area contributed by atoms with Gasteiger partial charge in [0, 0.05) is 60.6 Å². The lowest BCUT2D eigenvalue weighted by Crippen LogP contribution is -2.26. The average Bonchev–Trinajstić information content (AvgIpc) is 4.45. The fourth-order valence-corrected chi connectivity index (χ4v) is 14.9. The lowest BCUT2D eigenvalue weighted by atomic mass is 9.70. The highest BCUT2D eigenvalue weighted by Gasteiger charge is 2.53. The summed E-state index contributed by atoms with van der Waals surface area (Å²) >= 11 is 0. The second-order valence-corrected chi connectivity index (χ2v) is 21.9. The van der Waals surface area contributed by atoms with E-state index in [0.29, 0.717) is 0 Å². The molecule has 0 atom stereocenters. The molecule has 0 bridgehead atoms. The van der Waals surface area contributed by atoms with Gasteiger partial charge in [-0.3, -0.25) is 0 Å². The van der Waals surface area contributed by atoms with Gasteiger partial charge < -0.3 is 18.6 Å². The van der Waals surface area contributed by atoms with Crippen LogP contribution in [0.3, 0.4) is 0 Å². The van der Waals surface area contributed by atoms with E-state index in [-0.39, 0.29) is 0 Å². The van der Waals surface area contributed by atoms with Gasteiger partial charge in [-0.1, -0.05) is 200 Å². The third-order valence-electron chi connectivity index (χ3n) is 18.0. The number of nitrogens with zero attached hydrogens (tertiary/aromatic N) is 4. The fourth-order valence-electron chi connectivity index (χ4n) is 14.9. The summed E-state index contributed by atoms with van der Waals surface area (Å²) in [5.41, 5.74) is 23.5. The molecular weight excluding hydrogens is 981 g/mol. The number of rotatable bonds is 6. The minimum absolute atomic E-state index is 0.556. The zero-order chi connectivity index (χ0) is 52.9. The van der Waals surface area contributed by atoms with Crippen molar-refractivity contribution in [2.45, 2.75) is 5.41 Å². The minimum Gasteiger partial charge on any atom is -0.309 e. The third kappa shape index (κ3) is 5.92. The second kappa shape index (κ2) is 16.7. The summed E-state index contributed by atoms with van der Waals surface area (Å²) in [7, 11) is 0. The summed E-state index contributed by atoms with van der Waals surface area (Å²) in [6.07, 6.45) is 0. The molecule has 0 saturated heterocycles. The predicted molar refractivity (Wildman–Crippen MR) is 338 cm³/mol. The van der Waals surface area contributed by atoms with Crippen LogP contribution in [0.1, 0.15) is 22.3 Å². The maximum Gasteiger partial charge on any atom is 0.0726 e. The highest BCUT2D eigenvalue weighted by atomic mass is 15.2. The molecule has 81 heavy (non-hydrogen) atoms. The molecule has 376 valence electrons. The quantitative estimate of drug-likeness (QED) is 0.162. The molecule has 2 aliphatic rings. The molecule has 3 heterocycles. The van der Waals surface area contributed by atoms with Crippen LogP contribution in [0.4, 0.5) is 17.1 Å². The molecule has 1 spiro atoms. The second-order valence-electron chi connectivity index (χ2n) is 21.9. The Balaban J connectivity index is 0.963. The van der Waals surface area contributed by atoms with E-state index in [4.69, 9.17) is 0 Å². The normalized spacial score (nSPS) is 13.0.